The third-order valence-electron chi connectivity index (χ3n) is 2.09. The number of halogens is 2. The summed E-state index contributed by atoms with van der Waals surface area (Å²) < 4.78 is 50.1. The van der Waals surface area contributed by atoms with Crippen LogP contribution in [0.25, 0.3) is 0 Å². The maximum Gasteiger partial charge on any atom is 0.261 e. The van der Waals surface area contributed by atoms with E-state index in [-0.39, 0.29) is 29.7 Å². The number of alkyl halides is 2. The molecular weight excluding hydrogens is 314 g/mol. The fraction of sp³-hybridized carbons (Fsp3) is 0.500. The second kappa shape index (κ2) is 7.62. The molecule has 0 spiro atoms. The number of carbonyl (C=O) groups excluding carboxylic acids is 1. The summed E-state index contributed by atoms with van der Waals surface area (Å²) in [4.78, 5) is 12.0. The van der Waals surface area contributed by atoms with Crippen LogP contribution in [0.1, 0.15) is 11.3 Å². The molecule has 0 aliphatic heterocycles. The van der Waals surface area contributed by atoms with Gasteiger partial charge in [-0.15, -0.1) is 11.3 Å². The average molecular weight is 328 g/mol. The van der Waals surface area contributed by atoms with Crippen molar-refractivity contribution < 1.29 is 26.7 Å². The smallest absolute Gasteiger partial charge is 0.261 e. The highest BCUT2D eigenvalue weighted by molar-refractivity contribution is 7.91. The van der Waals surface area contributed by atoms with E-state index in [4.69, 9.17) is 5.14 Å². The number of primary sulfonamides is 1. The molecule has 0 atom stereocenters. The summed E-state index contributed by atoms with van der Waals surface area (Å²) in [5.74, 6) is -0.371. The van der Waals surface area contributed by atoms with Crippen LogP contribution in [0.5, 0.6) is 0 Å². The molecule has 0 saturated heterocycles. The molecule has 0 bridgehead atoms. The van der Waals surface area contributed by atoms with Gasteiger partial charge < -0.3 is 10.1 Å². The summed E-state index contributed by atoms with van der Waals surface area (Å²) in [6, 6.07) is 2.89. The number of ether oxygens (including phenoxy) is 1. The van der Waals surface area contributed by atoms with E-state index in [0.29, 0.717) is 4.88 Å². The number of hydrogen-bond acceptors (Lipinski definition) is 5. The zero-order valence-electron chi connectivity index (χ0n) is 10.3. The first-order valence-corrected chi connectivity index (χ1v) is 7.89. The van der Waals surface area contributed by atoms with E-state index >= 15 is 0 Å². The predicted molar refractivity (Wildman–Crippen MR) is 69.0 cm³/mol. The minimum Gasteiger partial charge on any atom is -0.375 e. The van der Waals surface area contributed by atoms with Gasteiger partial charge in [0, 0.05) is 11.3 Å². The van der Waals surface area contributed by atoms with Gasteiger partial charge in [-0.1, -0.05) is 0 Å². The Morgan fingerprint density at radius 1 is 1.45 bits per heavy atom. The van der Waals surface area contributed by atoms with Crippen molar-refractivity contribution in [3.63, 3.8) is 0 Å². The van der Waals surface area contributed by atoms with Gasteiger partial charge in [-0.2, -0.15) is 0 Å². The SMILES string of the molecule is NS(=O)(=O)c1ccc(CNC(=O)CCOCC(F)F)s1. The lowest BCUT2D eigenvalue weighted by Gasteiger charge is -2.04. The van der Waals surface area contributed by atoms with E-state index in [0.717, 1.165) is 11.3 Å². The molecule has 3 N–H and O–H groups in total. The number of amides is 1. The molecule has 1 rings (SSSR count). The van der Waals surface area contributed by atoms with Crippen LogP contribution < -0.4 is 10.5 Å². The second-order valence-electron chi connectivity index (χ2n) is 3.76. The van der Waals surface area contributed by atoms with Crippen molar-refractivity contribution in [1.29, 1.82) is 0 Å². The average Bonchev–Trinajstić information content (AvgIpc) is 2.80. The predicted octanol–water partition coefficient (Wildman–Crippen LogP) is 0.683. The lowest BCUT2D eigenvalue weighted by Crippen LogP contribution is -2.23. The standard InChI is InChI=1S/C10H14F2N2O4S2/c11-8(12)6-18-4-3-9(15)14-5-7-1-2-10(19-7)20(13,16)17/h1-2,8H,3-6H2,(H,14,15)(H2,13,16,17). The molecule has 1 aromatic rings. The first kappa shape index (κ1) is 17.0. The molecule has 0 saturated carbocycles. The van der Waals surface area contributed by atoms with Crippen LogP contribution in [-0.2, 0) is 26.1 Å². The first-order chi connectivity index (χ1) is 9.29. The summed E-state index contributed by atoms with van der Waals surface area (Å²) in [5.41, 5.74) is 0. The molecule has 1 heterocycles. The Morgan fingerprint density at radius 3 is 2.70 bits per heavy atom. The van der Waals surface area contributed by atoms with Crippen molar-refractivity contribution in [3.8, 4) is 0 Å². The minimum atomic E-state index is -3.73. The maximum absolute atomic E-state index is 11.7. The van der Waals surface area contributed by atoms with E-state index in [1.807, 2.05) is 0 Å². The monoisotopic (exact) mass is 328 g/mol. The van der Waals surface area contributed by atoms with Gasteiger partial charge in [-0.3, -0.25) is 4.79 Å². The van der Waals surface area contributed by atoms with Gasteiger partial charge in [0.25, 0.3) is 6.43 Å². The molecule has 6 nitrogen and oxygen atoms in total. The Hall–Kier alpha value is -1.10. The molecule has 20 heavy (non-hydrogen) atoms. The molecule has 0 aliphatic carbocycles. The van der Waals surface area contributed by atoms with Crippen LogP contribution in [-0.4, -0.2) is 34.0 Å². The molecule has 0 fully saturated rings. The van der Waals surface area contributed by atoms with E-state index < -0.39 is 23.1 Å². The first-order valence-electron chi connectivity index (χ1n) is 5.53. The zero-order valence-corrected chi connectivity index (χ0v) is 12.0. The number of hydrogen-bond donors (Lipinski definition) is 2. The fourth-order valence-electron chi connectivity index (χ4n) is 1.22. The summed E-state index contributed by atoms with van der Waals surface area (Å²) in [6.45, 7) is -0.646. The number of carbonyl (C=O) groups is 1. The second-order valence-corrected chi connectivity index (χ2v) is 6.72. The van der Waals surface area contributed by atoms with Crippen molar-refractivity contribution >= 4 is 27.3 Å². The van der Waals surface area contributed by atoms with Crippen molar-refractivity contribution in [1.82, 2.24) is 5.32 Å². The summed E-state index contributed by atoms with van der Waals surface area (Å²) in [6.07, 6.45) is -2.60. The van der Waals surface area contributed by atoms with Crippen LogP contribution in [0.15, 0.2) is 16.3 Å². The van der Waals surface area contributed by atoms with Gasteiger partial charge in [0.2, 0.25) is 15.9 Å². The molecule has 0 unspecified atom stereocenters. The highest BCUT2D eigenvalue weighted by atomic mass is 32.2. The summed E-state index contributed by atoms with van der Waals surface area (Å²) >= 11 is 0.956. The molecule has 0 radical (unpaired) electrons. The highest BCUT2D eigenvalue weighted by Crippen LogP contribution is 2.19. The van der Waals surface area contributed by atoms with Gasteiger partial charge in [-0.25, -0.2) is 22.3 Å². The zero-order chi connectivity index (χ0) is 15.2. The Labute approximate surface area is 119 Å². The Kier molecular flexibility index (Phi) is 6.46. The molecule has 10 heteroatoms. The van der Waals surface area contributed by atoms with E-state index in [1.54, 1.807) is 0 Å². The number of nitrogens with one attached hydrogen (secondary N) is 1. The van der Waals surface area contributed by atoms with Crippen molar-refractivity contribution in [2.45, 2.75) is 23.6 Å². The number of sulfonamides is 1. The molecule has 0 aromatic carbocycles. The normalized spacial score (nSPS) is 11.8. The van der Waals surface area contributed by atoms with Gasteiger partial charge in [-0.05, 0) is 12.1 Å². The van der Waals surface area contributed by atoms with Crippen LogP contribution in [0.4, 0.5) is 8.78 Å². The third kappa shape index (κ3) is 6.37. The van der Waals surface area contributed by atoms with Gasteiger partial charge >= 0.3 is 0 Å². The number of rotatable bonds is 8. The fourth-order valence-corrected chi connectivity index (χ4v) is 2.94. The van der Waals surface area contributed by atoms with Gasteiger partial charge in [0.05, 0.1) is 13.2 Å². The highest BCUT2D eigenvalue weighted by Gasteiger charge is 2.11. The molecule has 114 valence electrons. The van der Waals surface area contributed by atoms with Crippen LogP contribution in [0.3, 0.4) is 0 Å². The number of thiophene rings is 1. The van der Waals surface area contributed by atoms with E-state index in [2.05, 4.69) is 10.1 Å². The van der Waals surface area contributed by atoms with Crippen molar-refractivity contribution in [3.05, 3.63) is 17.0 Å². The largest absolute Gasteiger partial charge is 0.375 e. The van der Waals surface area contributed by atoms with Crippen molar-refractivity contribution in [2.24, 2.45) is 5.14 Å². The van der Waals surface area contributed by atoms with Gasteiger partial charge in [0.15, 0.2) is 0 Å². The Bertz CT molecular complexity index is 545. The third-order valence-corrected chi connectivity index (χ3v) is 4.62. The molecule has 1 amide bonds. The van der Waals surface area contributed by atoms with Crippen LogP contribution in [0.2, 0.25) is 0 Å². The Balaban J connectivity index is 2.29. The van der Waals surface area contributed by atoms with Gasteiger partial charge in [0.1, 0.15) is 10.8 Å². The number of nitrogens with two attached hydrogens (primary N) is 1. The molecule has 1 aromatic heterocycles. The van der Waals surface area contributed by atoms with Crippen LogP contribution >= 0.6 is 11.3 Å². The minimum absolute atomic E-state index is 0.0158. The lowest BCUT2D eigenvalue weighted by atomic mass is 10.4. The van der Waals surface area contributed by atoms with E-state index in [9.17, 15) is 22.0 Å². The van der Waals surface area contributed by atoms with E-state index in [1.165, 1.54) is 12.1 Å². The lowest BCUT2D eigenvalue weighted by molar-refractivity contribution is -0.122. The molecular formula is C10H14F2N2O4S2. The van der Waals surface area contributed by atoms with Crippen LogP contribution in [0, 0.1) is 0 Å². The quantitative estimate of drug-likeness (QED) is 0.686. The maximum atomic E-state index is 11.7. The summed E-state index contributed by atoms with van der Waals surface area (Å²) in [7, 11) is -3.73. The Morgan fingerprint density at radius 2 is 2.15 bits per heavy atom. The molecule has 0 aliphatic rings. The van der Waals surface area contributed by atoms with Crippen molar-refractivity contribution in [2.75, 3.05) is 13.2 Å². The summed E-state index contributed by atoms with van der Waals surface area (Å²) in [5, 5.41) is 7.47. The topological polar surface area (TPSA) is 98.5 Å².